The van der Waals surface area contributed by atoms with Gasteiger partial charge in [0.1, 0.15) is 50.6 Å². The van der Waals surface area contributed by atoms with Crippen molar-refractivity contribution in [2.45, 2.75) is 19.5 Å². The fraction of sp³-hybridized carbons (Fsp3) is 0.220. The van der Waals surface area contributed by atoms with Crippen molar-refractivity contribution in [1.29, 1.82) is 0 Å². The lowest BCUT2D eigenvalue weighted by molar-refractivity contribution is -0.137. The van der Waals surface area contributed by atoms with Gasteiger partial charge in [0, 0.05) is 149 Å². The lowest BCUT2D eigenvalue weighted by Crippen LogP contribution is -2.44. The van der Waals surface area contributed by atoms with Gasteiger partial charge in [-0.2, -0.15) is 13.2 Å². The molecule has 4 aliphatic carbocycles. The zero-order chi connectivity index (χ0) is 81.1. The average Bonchev–Trinajstić information content (AvgIpc) is 1.77. The number of aryl methyl sites for hydroxylation is 1. The molecule has 8 aromatic carbocycles. The number of ether oxygens (including phenoxy) is 3. The number of fused-ring (bicyclic) bond motifs is 13. The third kappa shape index (κ3) is 14.4. The van der Waals surface area contributed by atoms with Crippen LogP contribution in [-0.2, 0) is 10.9 Å². The number of likely N-dealkylation sites (N-methyl/N-ethyl adjacent to an activating group) is 1. The number of Topliss-reactive ketones (excluding diaryl/α,β-unsaturated/α-hetero) is 4. The van der Waals surface area contributed by atoms with Crippen LogP contribution in [0.3, 0.4) is 0 Å². The van der Waals surface area contributed by atoms with Gasteiger partial charge in [0.25, 0.3) is 0 Å². The van der Waals surface area contributed by atoms with Crippen LogP contribution in [0.1, 0.15) is 103 Å². The highest BCUT2D eigenvalue weighted by Crippen LogP contribution is 2.46. The van der Waals surface area contributed by atoms with Gasteiger partial charge in [0.2, 0.25) is 23.8 Å². The van der Waals surface area contributed by atoms with Crippen molar-refractivity contribution < 1.29 is 46.6 Å². The summed E-state index contributed by atoms with van der Waals surface area (Å²) in [5, 5.41) is 0.895. The summed E-state index contributed by atoms with van der Waals surface area (Å²) >= 11 is 1.53. The number of ketones is 4. The van der Waals surface area contributed by atoms with Crippen molar-refractivity contribution in [1.82, 2.24) is 29.5 Å². The molecule has 0 bridgehead atoms. The van der Waals surface area contributed by atoms with Crippen LogP contribution >= 0.6 is 11.3 Å². The standard InChI is InChI=1S/C24H25N5O.C23H18N4OS.C22H16F3N3O2.C22H19N3O3/c1-27(2)24-25-21-18-6-4-5-7-19(18)23(30)20(22(21)26-24)16-8-10-17(11-9-16)29-14-12-28(3)13-15-29;1-13-21(29-22(24-13)14-9-5-4-6-10-14)17-19-18(25-23(26-19)27(2)3)15-11-7-8-12-16(15)20(17)28;23-22(24,25)16-8-4-3-7-15(16)17-19-18(13-5-1-2-6-14(13)20(17)29)26-21(27-19)28-9-11-30-12-10-28;1-25(2)22-23-19-14-6-3-4-7-15(14)21(26)18(20(19)24-22)13-8-9-16-17(12-13)28-11-5-10-27-16/h4-11H,12-15H2,1-3H3;4-12H,1-3H3;1-8H,9-12H2;3-4,6-9,12H,5,10-11H2,1-2H3. The lowest BCUT2D eigenvalue weighted by atomic mass is 9.82. The number of piperazine rings is 1. The van der Waals surface area contributed by atoms with Crippen LogP contribution in [0.4, 0.5) is 18.9 Å². The summed E-state index contributed by atoms with van der Waals surface area (Å²) < 4.78 is 58.1. The number of hydrogen-bond donors (Lipinski definition) is 0. The van der Waals surface area contributed by atoms with E-state index in [0.29, 0.717) is 142 Å². The molecule has 0 radical (unpaired) electrons. The number of carbonyl (C=O) groups excluding carboxylic acids is 4. The second kappa shape index (κ2) is 31.5. The zero-order valence-electron chi connectivity index (χ0n) is 65.4. The minimum Gasteiger partial charge on any atom is -0.490 e. The fourth-order valence-corrected chi connectivity index (χ4v) is 16.4. The largest absolute Gasteiger partial charge is 0.490 e. The fourth-order valence-electron chi connectivity index (χ4n) is 15.3. The molecule has 0 amide bonds. The molecule has 0 N–H and O–H groups in total. The summed E-state index contributed by atoms with van der Waals surface area (Å²) in [6.07, 6.45) is -3.77. The van der Waals surface area contributed by atoms with Crippen LogP contribution in [0.15, 0.2) is 257 Å². The molecule has 8 heterocycles. The van der Waals surface area contributed by atoms with Crippen LogP contribution < -0.4 is 14.4 Å². The van der Waals surface area contributed by atoms with Crippen LogP contribution in [0, 0.1) is 6.92 Å². The van der Waals surface area contributed by atoms with Gasteiger partial charge < -0.3 is 43.6 Å². The van der Waals surface area contributed by atoms with Gasteiger partial charge in [-0.05, 0) is 55.4 Å². The molecule has 2 saturated heterocycles. The lowest BCUT2D eigenvalue weighted by Gasteiger charge is -2.34. The summed E-state index contributed by atoms with van der Waals surface area (Å²) in [5.41, 5.74) is 15.6. The van der Waals surface area contributed by atoms with Gasteiger partial charge in [-0.1, -0.05) is 164 Å². The molecule has 22 nitrogen and oxygen atoms in total. The number of rotatable bonds is 6. The Morgan fingerprint density at radius 2 is 0.812 bits per heavy atom. The Bertz CT molecular complexity index is 6060. The molecule has 0 atom stereocenters. The number of morpholine rings is 1. The average molecular weight is 1580 g/mol. The van der Waals surface area contributed by atoms with E-state index in [1.165, 1.54) is 35.2 Å². The maximum Gasteiger partial charge on any atom is 0.417 e. The van der Waals surface area contributed by atoms with Gasteiger partial charge in [-0.3, -0.25) is 19.2 Å². The predicted octanol–water partition coefficient (Wildman–Crippen LogP) is 14.2. The smallest absolute Gasteiger partial charge is 0.417 e. The summed E-state index contributed by atoms with van der Waals surface area (Å²) in [6, 6.07) is 58.7. The highest BCUT2D eigenvalue weighted by molar-refractivity contribution is 7.16. The molecule has 0 saturated carbocycles. The highest BCUT2D eigenvalue weighted by atomic mass is 32.1. The van der Waals surface area contributed by atoms with Crippen molar-refractivity contribution in [3.63, 3.8) is 0 Å². The first-order valence-electron chi connectivity index (χ1n) is 38.4. The molecule has 11 aliphatic rings. The van der Waals surface area contributed by atoms with Crippen molar-refractivity contribution >= 4 is 109 Å². The number of aliphatic imine (C=N–C) groups is 8. The Morgan fingerprint density at radius 1 is 0.393 bits per heavy atom. The Morgan fingerprint density at radius 3 is 1.32 bits per heavy atom. The van der Waals surface area contributed by atoms with E-state index in [1.807, 2.05) is 202 Å². The minimum atomic E-state index is -4.60. The van der Waals surface area contributed by atoms with Crippen molar-refractivity contribution in [3.8, 4) is 22.1 Å². The highest BCUT2D eigenvalue weighted by Gasteiger charge is 2.43. The number of alkyl halides is 3. The van der Waals surface area contributed by atoms with Crippen LogP contribution in [0.25, 0.3) is 32.9 Å². The molecule has 586 valence electrons. The second-order valence-corrected chi connectivity index (χ2v) is 30.6. The van der Waals surface area contributed by atoms with E-state index in [0.717, 1.165) is 105 Å². The molecule has 117 heavy (non-hydrogen) atoms. The number of guanidine groups is 4. The summed E-state index contributed by atoms with van der Waals surface area (Å²) in [5.74, 6) is 3.01. The van der Waals surface area contributed by atoms with Crippen molar-refractivity contribution in [2.75, 3.05) is 120 Å². The molecule has 20 rings (SSSR count). The molecular weight excluding hydrogens is 1500 g/mol. The molecule has 1 aromatic heterocycles. The molecule has 2 fully saturated rings. The first-order chi connectivity index (χ1) is 56.6. The number of anilines is 1. The van der Waals surface area contributed by atoms with Crippen LogP contribution in [0.5, 0.6) is 11.5 Å². The number of aromatic nitrogens is 1. The van der Waals surface area contributed by atoms with E-state index in [2.05, 4.69) is 44.0 Å². The quantitative estimate of drug-likeness (QED) is 0.151. The van der Waals surface area contributed by atoms with E-state index in [-0.39, 0.29) is 34.2 Å². The topological polar surface area (TPSA) is 227 Å². The van der Waals surface area contributed by atoms with Gasteiger partial charge in [-0.25, -0.2) is 44.9 Å². The van der Waals surface area contributed by atoms with Crippen LogP contribution in [-0.4, -0.2) is 214 Å². The third-order valence-electron chi connectivity index (χ3n) is 21.3. The Balaban J connectivity index is 0.000000112. The normalized spacial score (nSPS) is 17.5. The molecule has 9 aromatic rings. The van der Waals surface area contributed by atoms with Gasteiger partial charge in [0.15, 0.2) is 34.6 Å². The van der Waals surface area contributed by atoms with E-state index in [4.69, 9.17) is 44.2 Å². The number of hydrogen-bond acceptors (Lipinski definition) is 23. The Kier molecular flexibility index (Phi) is 20.5. The summed E-state index contributed by atoms with van der Waals surface area (Å²) in [7, 11) is 13.6. The number of allylic oxidation sites excluding steroid dienone is 8. The summed E-state index contributed by atoms with van der Waals surface area (Å²) in [6.45, 7) is 9.51. The minimum absolute atomic E-state index is 0.00986. The maximum absolute atomic E-state index is 13.7. The maximum atomic E-state index is 13.7. The first kappa shape index (κ1) is 76.3. The summed E-state index contributed by atoms with van der Waals surface area (Å²) in [4.78, 5) is 109. The van der Waals surface area contributed by atoms with Gasteiger partial charge in [-0.15, -0.1) is 11.3 Å². The van der Waals surface area contributed by atoms with Crippen LogP contribution in [0.2, 0.25) is 0 Å². The first-order valence-corrected chi connectivity index (χ1v) is 39.2. The van der Waals surface area contributed by atoms with Gasteiger partial charge >= 0.3 is 6.18 Å². The second-order valence-electron chi connectivity index (χ2n) is 29.6. The molecule has 0 unspecified atom stereocenters. The van der Waals surface area contributed by atoms with E-state index >= 15 is 0 Å². The zero-order valence-corrected chi connectivity index (χ0v) is 66.2. The predicted molar refractivity (Wildman–Crippen MR) is 452 cm³/mol. The van der Waals surface area contributed by atoms with E-state index in [9.17, 15) is 32.3 Å². The Hall–Kier alpha value is -13.3. The van der Waals surface area contributed by atoms with E-state index < -0.39 is 17.5 Å². The monoisotopic (exact) mass is 1580 g/mol. The van der Waals surface area contributed by atoms with Crippen molar-refractivity contribution in [2.24, 2.45) is 39.9 Å². The molecule has 7 aliphatic heterocycles. The molecule has 0 spiro atoms. The van der Waals surface area contributed by atoms with E-state index in [1.54, 1.807) is 24.3 Å². The van der Waals surface area contributed by atoms with Crippen molar-refractivity contribution in [3.05, 3.63) is 294 Å². The number of benzene rings is 8. The number of carbonyl (C=O) groups is 4. The number of nitrogens with zero attached hydrogens (tertiary/aromatic N) is 15. The SMILES string of the molecule is CN(C)C1=NC2=C(c3ccc4c(c3)OCCCO4)C(=O)c3ccccc3C2=N1.CN1CCN(c2ccc(C3=C4N=C(N(C)C)N=C4c4ccccc4C3=O)cc2)CC1.Cc1nc(-c2ccccc2)sc1C1=C2N=C(N(C)C)N=C2c2ccccc2C1=O.O=C1C(c2ccccc2C(F)(F)F)=C2N=C(N3CCOCC3)N=C2c2ccccc21. The van der Waals surface area contributed by atoms with Gasteiger partial charge in [0.05, 0.1) is 64.9 Å². The molecule has 26 heteroatoms. The number of halogens is 3. The third-order valence-corrected chi connectivity index (χ3v) is 22.5. The molecular formula is C91H78F3N15O7S. The number of thiazole rings is 1. The Labute approximate surface area is 677 Å².